The molecule has 1 saturated heterocycles. The topological polar surface area (TPSA) is 65.4 Å². The summed E-state index contributed by atoms with van der Waals surface area (Å²) in [4.78, 5) is 17.9. The molecule has 2 aliphatic rings. The van der Waals surface area contributed by atoms with Gasteiger partial charge in [0.2, 0.25) is 0 Å². The average molecular weight is 294 g/mol. The summed E-state index contributed by atoms with van der Waals surface area (Å²) in [6.45, 7) is 1.90. The Morgan fingerprint density at radius 3 is 2.60 bits per heavy atom. The van der Waals surface area contributed by atoms with E-state index in [0.717, 1.165) is 13.1 Å². The molecule has 1 aromatic carbocycles. The van der Waals surface area contributed by atoms with E-state index in [0.29, 0.717) is 11.8 Å². The number of amidine groups is 1. The second kappa shape index (κ2) is 5.32. The second-order valence-electron chi connectivity index (χ2n) is 5.22. The number of rotatable bonds is 3. The van der Waals surface area contributed by atoms with Crippen molar-refractivity contribution in [3.05, 3.63) is 30.3 Å². The van der Waals surface area contributed by atoms with Gasteiger partial charge in [0.1, 0.15) is 11.7 Å². The Labute approximate surface area is 122 Å². The number of nitrogens with one attached hydrogen (secondary N) is 2. The lowest BCUT2D eigenvalue weighted by molar-refractivity contribution is -0.144. The zero-order valence-electron chi connectivity index (χ0n) is 10.9. The van der Waals surface area contributed by atoms with Gasteiger partial charge in [-0.25, -0.2) is 10.3 Å². The second-order valence-corrected chi connectivity index (χ2v) is 5.48. The highest BCUT2D eigenvalue weighted by Crippen LogP contribution is 2.52. The standard InChI is InChI=1S/C14H16ClN3O2/c15-6-12(19)20-17-14(16)13-10-7-18(8-11(10)13)9-4-2-1-3-5-9/h1-5,10-11,13H,6-8H2,(H2,16,17)/t10-,11+,13-. The maximum atomic E-state index is 10.9. The molecule has 20 heavy (non-hydrogen) atoms. The Balaban J connectivity index is 1.50. The molecule has 0 unspecified atom stereocenters. The summed E-state index contributed by atoms with van der Waals surface area (Å²) in [6.07, 6.45) is 0. The lowest BCUT2D eigenvalue weighted by Gasteiger charge is -2.22. The van der Waals surface area contributed by atoms with Crippen LogP contribution in [-0.2, 0) is 9.63 Å². The first-order valence-corrected chi connectivity index (χ1v) is 7.14. The SMILES string of the molecule is N=C(NOC(=O)CCl)[C@@H]1[C@@H]2CN(c3ccccc3)C[C@@H]21. The van der Waals surface area contributed by atoms with E-state index in [-0.39, 0.29) is 17.6 Å². The Bertz CT molecular complexity index is 510. The van der Waals surface area contributed by atoms with Gasteiger partial charge in [-0.05, 0) is 24.0 Å². The summed E-state index contributed by atoms with van der Waals surface area (Å²) in [5.74, 6) is 0.645. The maximum Gasteiger partial charge on any atom is 0.346 e. The number of hydrogen-bond donors (Lipinski definition) is 2. The molecule has 3 atom stereocenters. The van der Waals surface area contributed by atoms with Crippen LogP contribution in [0, 0.1) is 23.2 Å². The number of alkyl halides is 1. The van der Waals surface area contributed by atoms with Gasteiger partial charge in [-0.2, -0.15) is 0 Å². The van der Waals surface area contributed by atoms with Crippen LogP contribution in [0.3, 0.4) is 0 Å². The van der Waals surface area contributed by atoms with E-state index in [1.165, 1.54) is 5.69 Å². The fourth-order valence-electron chi connectivity index (χ4n) is 3.01. The van der Waals surface area contributed by atoms with E-state index in [9.17, 15) is 4.79 Å². The average Bonchev–Trinajstić information content (AvgIpc) is 2.99. The van der Waals surface area contributed by atoms with Gasteiger partial charge in [0, 0.05) is 24.7 Å². The monoisotopic (exact) mass is 293 g/mol. The summed E-state index contributed by atoms with van der Waals surface area (Å²) < 4.78 is 0. The molecule has 0 radical (unpaired) electrons. The summed E-state index contributed by atoms with van der Waals surface area (Å²) in [5, 5.41) is 7.89. The predicted molar refractivity (Wildman–Crippen MR) is 76.8 cm³/mol. The van der Waals surface area contributed by atoms with E-state index < -0.39 is 5.97 Å². The molecule has 5 nitrogen and oxygen atoms in total. The molecule has 1 aliphatic heterocycles. The molecule has 6 heteroatoms. The van der Waals surface area contributed by atoms with E-state index in [1.807, 2.05) is 18.2 Å². The zero-order valence-corrected chi connectivity index (χ0v) is 11.6. The van der Waals surface area contributed by atoms with E-state index >= 15 is 0 Å². The minimum atomic E-state index is -0.562. The van der Waals surface area contributed by atoms with Crippen molar-refractivity contribution in [2.24, 2.45) is 17.8 Å². The van der Waals surface area contributed by atoms with Crippen LogP contribution in [0.5, 0.6) is 0 Å². The number of hydroxylamine groups is 1. The molecule has 3 rings (SSSR count). The minimum Gasteiger partial charge on any atom is -0.371 e. The summed E-state index contributed by atoms with van der Waals surface area (Å²) in [7, 11) is 0. The maximum absolute atomic E-state index is 10.9. The van der Waals surface area contributed by atoms with Crippen molar-refractivity contribution in [1.29, 1.82) is 5.41 Å². The van der Waals surface area contributed by atoms with E-state index in [1.54, 1.807) is 0 Å². The molecule has 1 aliphatic carbocycles. The zero-order chi connectivity index (χ0) is 14.1. The first-order valence-electron chi connectivity index (χ1n) is 6.61. The molecule has 0 aromatic heterocycles. The number of carbonyl (C=O) groups excluding carboxylic acids is 1. The third kappa shape index (κ3) is 2.45. The number of carbonyl (C=O) groups is 1. The lowest BCUT2D eigenvalue weighted by atomic mass is 10.2. The van der Waals surface area contributed by atoms with Gasteiger partial charge in [-0.3, -0.25) is 5.41 Å². The smallest absolute Gasteiger partial charge is 0.346 e. The molecular formula is C14H16ClN3O2. The lowest BCUT2D eigenvalue weighted by Crippen LogP contribution is -2.33. The van der Waals surface area contributed by atoms with Gasteiger partial charge in [0.25, 0.3) is 0 Å². The molecule has 2 N–H and O–H groups in total. The molecule has 0 bridgehead atoms. The van der Waals surface area contributed by atoms with E-state index in [2.05, 4.69) is 27.4 Å². The number of benzene rings is 1. The van der Waals surface area contributed by atoms with Gasteiger partial charge in [-0.1, -0.05) is 18.2 Å². The Hall–Kier alpha value is -1.75. The van der Waals surface area contributed by atoms with Gasteiger partial charge < -0.3 is 9.74 Å². The number of anilines is 1. The Kier molecular flexibility index (Phi) is 3.53. The van der Waals surface area contributed by atoms with Crippen molar-refractivity contribution in [3.8, 4) is 0 Å². The van der Waals surface area contributed by atoms with Gasteiger partial charge in [0.05, 0.1) is 0 Å². The third-order valence-electron chi connectivity index (χ3n) is 4.03. The number of fused-ring (bicyclic) bond motifs is 1. The highest BCUT2D eigenvalue weighted by Gasteiger charge is 2.58. The van der Waals surface area contributed by atoms with Crippen LogP contribution in [0.4, 0.5) is 5.69 Å². The molecule has 0 amide bonds. The molecule has 2 fully saturated rings. The molecular weight excluding hydrogens is 278 g/mol. The van der Waals surface area contributed by atoms with Crippen LogP contribution >= 0.6 is 11.6 Å². The van der Waals surface area contributed by atoms with Gasteiger partial charge in [0.15, 0.2) is 0 Å². The van der Waals surface area contributed by atoms with Crippen molar-refractivity contribution in [3.63, 3.8) is 0 Å². The third-order valence-corrected chi connectivity index (χ3v) is 4.25. The summed E-state index contributed by atoms with van der Waals surface area (Å²) >= 11 is 5.32. The van der Waals surface area contributed by atoms with Crippen LogP contribution in [-0.4, -0.2) is 30.8 Å². The normalized spacial score (nSPS) is 26.9. The minimum absolute atomic E-state index is 0.179. The van der Waals surface area contributed by atoms with Gasteiger partial charge >= 0.3 is 5.97 Å². The first kappa shape index (κ1) is 13.2. The van der Waals surface area contributed by atoms with E-state index in [4.69, 9.17) is 17.0 Å². The van der Waals surface area contributed by atoms with Crippen molar-refractivity contribution >= 4 is 29.1 Å². The summed E-state index contributed by atoms with van der Waals surface area (Å²) in [6, 6.07) is 10.3. The van der Waals surface area contributed by atoms with Crippen molar-refractivity contribution in [2.75, 3.05) is 23.9 Å². The van der Waals surface area contributed by atoms with Crippen LogP contribution in [0.2, 0.25) is 0 Å². The fourth-order valence-corrected chi connectivity index (χ4v) is 3.07. The number of nitrogens with zero attached hydrogens (tertiary/aromatic N) is 1. The van der Waals surface area contributed by atoms with Crippen LogP contribution in [0.15, 0.2) is 30.3 Å². The predicted octanol–water partition coefficient (Wildman–Crippen LogP) is 1.63. The largest absolute Gasteiger partial charge is 0.371 e. The molecule has 106 valence electrons. The van der Waals surface area contributed by atoms with Gasteiger partial charge in [-0.15, -0.1) is 11.6 Å². The quantitative estimate of drug-likeness (QED) is 0.385. The van der Waals surface area contributed by atoms with Crippen LogP contribution in [0.1, 0.15) is 0 Å². The Morgan fingerprint density at radius 1 is 1.35 bits per heavy atom. The van der Waals surface area contributed by atoms with Crippen LogP contribution in [0.25, 0.3) is 0 Å². The fraction of sp³-hybridized carbons (Fsp3) is 0.429. The first-order chi connectivity index (χ1) is 9.70. The highest BCUT2D eigenvalue weighted by molar-refractivity contribution is 6.26. The number of para-hydroxylation sites is 1. The molecule has 1 aromatic rings. The number of piperidine rings is 1. The molecule has 1 heterocycles. The molecule has 1 saturated carbocycles. The summed E-state index contributed by atoms with van der Waals surface area (Å²) in [5.41, 5.74) is 3.64. The van der Waals surface area contributed by atoms with Crippen molar-refractivity contribution in [2.45, 2.75) is 0 Å². The van der Waals surface area contributed by atoms with Crippen molar-refractivity contribution in [1.82, 2.24) is 5.48 Å². The Morgan fingerprint density at radius 2 is 2.00 bits per heavy atom. The van der Waals surface area contributed by atoms with Crippen LogP contribution < -0.4 is 10.4 Å². The van der Waals surface area contributed by atoms with Crippen molar-refractivity contribution < 1.29 is 9.63 Å². The highest BCUT2D eigenvalue weighted by atomic mass is 35.5. The molecule has 0 spiro atoms. The number of hydrogen-bond acceptors (Lipinski definition) is 4. The number of halogens is 1.